The lowest BCUT2D eigenvalue weighted by Gasteiger charge is -2.27. The molecule has 0 radical (unpaired) electrons. The molecule has 12 heteroatoms. The molecule has 1 heterocycles. The molecule has 2 aromatic rings. The largest absolute Gasteiger partial charge is 0.399 e. The van der Waals surface area contributed by atoms with Gasteiger partial charge >= 0.3 is 6.03 Å². The zero-order valence-corrected chi connectivity index (χ0v) is 21.6. The highest BCUT2D eigenvalue weighted by molar-refractivity contribution is 9.10. The van der Waals surface area contributed by atoms with E-state index < -0.39 is 11.0 Å². The lowest BCUT2D eigenvalue weighted by molar-refractivity contribution is -0.384. The third kappa shape index (κ3) is 7.18. The predicted molar refractivity (Wildman–Crippen MR) is 139 cm³/mol. The SMILES string of the molecule is CN(N)/C=C(\N)CN(Cc1ccc([N+](=O)[O-])cc1)C(=O)NCC(=O)N1CCCC1c1ccccc1Br. The fraction of sp³-hybridized carbons (Fsp3) is 0.333. The van der Waals surface area contributed by atoms with Crippen molar-refractivity contribution in [2.75, 3.05) is 26.7 Å². The van der Waals surface area contributed by atoms with Crippen molar-refractivity contribution < 1.29 is 14.5 Å². The van der Waals surface area contributed by atoms with E-state index in [1.165, 1.54) is 28.2 Å². The van der Waals surface area contributed by atoms with E-state index in [-0.39, 0.29) is 37.3 Å². The Kier molecular flexibility index (Phi) is 9.25. The number of carbonyl (C=O) groups excluding carboxylic acids is 2. The van der Waals surface area contributed by atoms with Crippen LogP contribution < -0.4 is 16.9 Å². The zero-order valence-electron chi connectivity index (χ0n) is 20.0. The molecule has 1 saturated heterocycles. The Balaban J connectivity index is 1.68. The van der Waals surface area contributed by atoms with Gasteiger partial charge in [0.1, 0.15) is 0 Å². The first kappa shape index (κ1) is 27.0. The number of hydrogen-bond donors (Lipinski definition) is 3. The highest BCUT2D eigenvalue weighted by atomic mass is 79.9. The monoisotopic (exact) mass is 559 g/mol. The topological polar surface area (TPSA) is 151 Å². The molecule has 0 aliphatic carbocycles. The van der Waals surface area contributed by atoms with Crippen LogP contribution in [0.15, 0.2) is 64.9 Å². The van der Waals surface area contributed by atoms with Gasteiger partial charge in [0, 0.05) is 48.6 Å². The van der Waals surface area contributed by atoms with Crippen LogP contribution >= 0.6 is 15.9 Å². The fourth-order valence-electron chi connectivity index (χ4n) is 4.16. The molecule has 1 aliphatic rings. The van der Waals surface area contributed by atoms with Crippen LogP contribution in [0.1, 0.15) is 30.0 Å². The summed E-state index contributed by atoms with van der Waals surface area (Å²) in [7, 11) is 1.60. The molecule has 0 spiro atoms. The zero-order chi connectivity index (χ0) is 26.2. The Morgan fingerprint density at radius 3 is 2.58 bits per heavy atom. The van der Waals surface area contributed by atoms with Gasteiger partial charge in [-0.05, 0) is 30.0 Å². The summed E-state index contributed by atoms with van der Waals surface area (Å²) in [6.45, 7) is 0.620. The maximum atomic E-state index is 13.1. The van der Waals surface area contributed by atoms with Gasteiger partial charge in [-0.15, -0.1) is 0 Å². The summed E-state index contributed by atoms with van der Waals surface area (Å²) in [6.07, 6.45) is 3.21. The van der Waals surface area contributed by atoms with Crippen molar-refractivity contribution in [3.8, 4) is 0 Å². The molecule has 0 saturated carbocycles. The highest BCUT2D eigenvalue weighted by Gasteiger charge is 2.31. The molecule has 1 fully saturated rings. The van der Waals surface area contributed by atoms with Gasteiger partial charge < -0.3 is 25.9 Å². The Labute approximate surface area is 217 Å². The van der Waals surface area contributed by atoms with E-state index in [1.807, 2.05) is 24.3 Å². The number of nitro benzene ring substituents is 1. The smallest absolute Gasteiger partial charge is 0.318 e. The Bertz CT molecular complexity index is 1120. The molecule has 0 aromatic heterocycles. The molecule has 1 atom stereocenters. The van der Waals surface area contributed by atoms with Crippen molar-refractivity contribution >= 4 is 33.6 Å². The first-order chi connectivity index (χ1) is 17.2. The van der Waals surface area contributed by atoms with Crippen LogP contribution in [0.5, 0.6) is 0 Å². The van der Waals surface area contributed by atoms with Crippen LogP contribution in [0, 0.1) is 10.1 Å². The van der Waals surface area contributed by atoms with Crippen molar-refractivity contribution in [1.82, 2.24) is 20.1 Å². The molecular formula is C24H30BrN7O4. The van der Waals surface area contributed by atoms with Crippen LogP contribution in [0.2, 0.25) is 0 Å². The number of rotatable bonds is 9. The summed E-state index contributed by atoms with van der Waals surface area (Å²) in [5, 5.41) is 14.9. The third-order valence-corrected chi connectivity index (χ3v) is 6.50. The van der Waals surface area contributed by atoms with E-state index in [9.17, 15) is 19.7 Å². The van der Waals surface area contributed by atoms with Gasteiger partial charge in [0.2, 0.25) is 5.91 Å². The van der Waals surface area contributed by atoms with Crippen LogP contribution in [0.3, 0.4) is 0 Å². The molecule has 2 aromatic carbocycles. The lowest BCUT2D eigenvalue weighted by atomic mass is 10.0. The summed E-state index contributed by atoms with van der Waals surface area (Å²) in [5.74, 6) is 5.44. The van der Waals surface area contributed by atoms with Crippen molar-refractivity contribution in [3.63, 3.8) is 0 Å². The number of nitrogens with two attached hydrogens (primary N) is 2. The van der Waals surface area contributed by atoms with Gasteiger partial charge in [-0.25, -0.2) is 10.6 Å². The quantitative estimate of drug-likeness (QED) is 0.242. The number of nitrogens with one attached hydrogen (secondary N) is 1. The first-order valence-electron chi connectivity index (χ1n) is 11.4. The highest BCUT2D eigenvalue weighted by Crippen LogP contribution is 2.35. The first-order valence-corrected chi connectivity index (χ1v) is 12.2. The normalized spacial score (nSPS) is 15.5. The minimum Gasteiger partial charge on any atom is -0.399 e. The second kappa shape index (κ2) is 12.4. The third-order valence-electron chi connectivity index (χ3n) is 5.78. The Morgan fingerprint density at radius 1 is 1.25 bits per heavy atom. The molecule has 1 unspecified atom stereocenters. The summed E-state index contributed by atoms with van der Waals surface area (Å²) in [4.78, 5) is 39.8. The van der Waals surface area contributed by atoms with Crippen molar-refractivity contribution in [3.05, 3.63) is 86.1 Å². The number of benzene rings is 2. The lowest BCUT2D eigenvalue weighted by Crippen LogP contribution is -2.46. The van der Waals surface area contributed by atoms with E-state index in [2.05, 4.69) is 21.2 Å². The minimum absolute atomic E-state index is 0.0435. The van der Waals surface area contributed by atoms with E-state index in [1.54, 1.807) is 24.1 Å². The van der Waals surface area contributed by atoms with E-state index in [4.69, 9.17) is 11.6 Å². The van der Waals surface area contributed by atoms with Gasteiger partial charge in [-0.3, -0.25) is 14.9 Å². The van der Waals surface area contributed by atoms with Gasteiger partial charge in [-0.2, -0.15) is 0 Å². The molecular weight excluding hydrogens is 530 g/mol. The summed E-state index contributed by atoms with van der Waals surface area (Å²) >= 11 is 3.57. The predicted octanol–water partition coefficient (Wildman–Crippen LogP) is 2.84. The minimum atomic E-state index is -0.491. The number of amides is 3. The number of hydrogen-bond acceptors (Lipinski definition) is 7. The van der Waals surface area contributed by atoms with Crippen LogP contribution in [-0.4, -0.2) is 58.4 Å². The average Bonchev–Trinajstić information content (AvgIpc) is 3.32. The molecule has 36 heavy (non-hydrogen) atoms. The maximum absolute atomic E-state index is 13.1. The second-order valence-electron chi connectivity index (χ2n) is 8.57. The number of nitrogens with zero attached hydrogens (tertiary/aromatic N) is 4. The molecule has 5 N–H and O–H groups in total. The van der Waals surface area contributed by atoms with Gasteiger partial charge in [0.05, 0.1) is 24.1 Å². The number of urea groups is 1. The Hall–Kier alpha value is -3.64. The van der Waals surface area contributed by atoms with Gasteiger partial charge in [0.25, 0.3) is 5.69 Å². The number of nitro groups is 1. The number of carbonyl (C=O) groups is 2. The van der Waals surface area contributed by atoms with Gasteiger partial charge in [-0.1, -0.05) is 46.3 Å². The average molecular weight is 560 g/mol. The van der Waals surface area contributed by atoms with Crippen LogP contribution in [0.4, 0.5) is 10.5 Å². The number of likely N-dealkylation sites (tertiary alicyclic amines) is 1. The maximum Gasteiger partial charge on any atom is 0.318 e. The van der Waals surface area contributed by atoms with E-state index in [0.29, 0.717) is 17.8 Å². The van der Waals surface area contributed by atoms with Gasteiger partial charge in [0.15, 0.2) is 0 Å². The fourth-order valence-corrected chi connectivity index (χ4v) is 4.71. The van der Waals surface area contributed by atoms with Crippen LogP contribution in [-0.2, 0) is 11.3 Å². The molecule has 192 valence electrons. The Morgan fingerprint density at radius 2 is 1.94 bits per heavy atom. The van der Waals surface area contributed by atoms with Crippen molar-refractivity contribution in [1.29, 1.82) is 0 Å². The van der Waals surface area contributed by atoms with Crippen molar-refractivity contribution in [2.24, 2.45) is 11.6 Å². The second-order valence-corrected chi connectivity index (χ2v) is 9.43. The summed E-state index contributed by atoms with van der Waals surface area (Å²) in [5.41, 5.74) is 8.03. The molecule has 3 rings (SSSR count). The molecule has 0 bridgehead atoms. The number of hydrazine groups is 1. The van der Waals surface area contributed by atoms with Crippen LogP contribution in [0.25, 0.3) is 0 Å². The summed E-state index contributed by atoms with van der Waals surface area (Å²) < 4.78 is 0.945. The number of halogens is 1. The summed E-state index contributed by atoms with van der Waals surface area (Å²) in [6, 6.07) is 13.2. The van der Waals surface area contributed by atoms with E-state index in [0.717, 1.165) is 22.9 Å². The number of non-ortho nitro benzene ring substituents is 1. The van der Waals surface area contributed by atoms with E-state index >= 15 is 0 Å². The molecule has 3 amide bonds. The molecule has 11 nitrogen and oxygen atoms in total. The standard InChI is InChI=1S/C24H30BrN7O4/c1-29(27)15-18(26)16-30(14-17-8-10-19(11-9-17)32(35)36)24(34)28-13-23(33)31-12-4-7-22(31)20-5-2-3-6-21(20)25/h2-3,5-6,8-11,15,22H,4,7,12-14,16,26-27H2,1H3,(H,28,34)/b18-15-. The van der Waals surface area contributed by atoms with Crippen molar-refractivity contribution in [2.45, 2.75) is 25.4 Å². The molecule has 1 aliphatic heterocycles.